The maximum Gasteiger partial charge on any atom is 0.348 e. The Morgan fingerprint density at radius 3 is 2.72 bits per heavy atom. The topological polar surface area (TPSA) is 117 Å². The molecule has 9 nitrogen and oxygen atoms in total. The minimum atomic E-state index is -0.495. The molecule has 0 aromatic carbocycles. The highest BCUT2D eigenvalue weighted by atomic mass is 32.1. The number of fused-ring (bicyclic) bond motifs is 1. The van der Waals surface area contributed by atoms with Crippen LogP contribution in [-0.4, -0.2) is 52.4 Å². The summed E-state index contributed by atoms with van der Waals surface area (Å²) in [6.45, 7) is 3.88. The third kappa shape index (κ3) is 4.66. The second-order valence-corrected chi connectivity index (χ2v) is 7.62. The van der Waals surface area contributed by atoms with E-state index in [1.54, 1.807) is 24.9 Å². The van der Waals surface area contributed by atoms with Crippen molar-refractivity contribution in [1.29, 1.82) is 0 Å². The molecule has 3 heterocycles. The lowest BCUT2D eigenvalue weighted by atomic mass is 10.2. The lowest BCUT2D eigenvalue weighted by Crippen LogP contribution is -2.31. The van der Waals surface area contributed by atoms with Crippen LogP contribution in [0.4, 0.5) is 5.82 Å². The van der Waals surface area contributed by atoms with Crippen LogP contribution in [0.2, 0.25) is 0 Å². The van der Waals surface area contributed by atoms with Crippen molar-refractivity contribution in [2.45, 2.75) is 20.4 Å². The molecule has 0 bridgehead atoms. The Kier molecular flexibility index (Phi) is 6.04. The van der Waals surface area contributed by atoms with E-state index in [1.807, 2.05) is 19.1 Å². The number of carbonyl (C=O) groups excluding carboxylic acids is 2. The van der Waals surface area contributed by atoms with Gasteiger partial charge in [-0.05, 0) is 38.6 Å². The van der Waals surface area contributed by atoms with Crippen LogP contribution in [0.3, 0.4) is 0 Å². The molecule has 29 heavy (non-hydrogen) atoms. The fourth-order valence-electron chi connectivity index (χ4n) is 2.90. The average molecular weight is 415 g/mol. The Bertz CT molecular complexity index is 1140. The molecule has 0 aliphatic rings. The summed E-state index contributed by atoms with van der Waals surface area (Å²) in [7, 11) is 3.04. The number of aryl methyl sites for hydroxylation is 2. The lowest BCUT2D eigenvalue weighted by molar-refractivity contribution is -0.117. The maximum absolute atomic E-state index is 12.5. The van der Waals surface area contributed by atoms with Crippen molar-refractivity contribution in [3.05, 3.63) is 50.5 Å². The summed E-state index contributed by atoms with van der Waals surface area (Å²) in [5.74, 6) is 0.170. The number of anilines is 1. The van der Waals surface area contributed by atoms with Gasteiger partial charge in [-0.15, -0.1) is 11.3 Å². The van der Waals surface area contributed by atoms with Gasteiger partial charge in [0, 0.05) is 5.69 Å². The smallest absolute Gasteiger partial charge is 0.348 e. The molecular formula is C19H21N5O4S. The highest BCUT2D eigenvalue weighted by Gasteiger charge is 2.20. The highest BCUT2D eigenvalue weighted by Crippen LogP contribution is 2.27. The van der Waals surface area contributed by atoms with Crippen molar-refractivity contribution in [1.82, 2.24) is 19.9 Å². The minimum absolute atomic E-state index is 0.0915. The number of methoxy groups -OCH3 is 1. The Morgan fingerprint density at radius 2 is 2.03 bits per heavy atom. The Balaban J connectivity index is 1.73. The molecule has 0 aliphatic carbocycles. The van der Waals surface area contributed by atoms with Gasteiger partial charge in [0.05, 0.1) is 25.6 Å². The molecule has 0 fully saturated rings. The van der Waals surface area contributed by atoms with Crippen LogP contribution in [-0.2, 0) is 16.1 Å². The fourth-order valence-corrected chi connectivity index (χ4v) is 4.02. The highest BCUT2D eigenvalue weighted by molar-refractivity contribution is 7.20. The van der Waals surface area contributed by atoms with Gasteiger partial charge >= 0.3 is 5.97 Å². The predicted molar refractivity (Wildman–Crippen MR) is 110 cm³/mol. The molecule has 1 amide bonds. The van der Waals surface area contributed by atoms with Crippen LogP contribution in [0.25, 0.3) is 10.2 Å². The summed E-state index contributed by atoms with van der Waals surface area (Å²) >= 11 is 1.12. The zero-order valence-corrected chi connectivity index (χ0v) is 17.3. The number of ether oxygens (including phenoxy) is 1. The first-order valence-electron chi connectivity index (χ1n) is 8.81. The number of H-pyrrole nitrogens is 1. The molecule has 3 rings (SSSR count). The normalized spacial score (nSPS) is 11.1. The standard InChI is InChI=1S/C19H21N5O4S/c1-10-6-5-7-12(20-10)21-14(25)9-24(3)8-13-22-17(26)15-11(2)16(19(27)28-4)29-18(15)23-13/h5-7H,8-9H2,1-4H3,(H,20,21,25)(H,22,23,26). The molecule has 0 saturated carbocycles. The molecule has 3 aromatic heterocycles. The van der Waals surface area contributed by atoms with E-state index in [2.05, 4.69) is 20.3 Å². The second kappa shape index (κ2) is 8.50. The van der Waals surface area contributed by atoms with Crippen molar-refractivity contribution in [2.24, 2.45) is 0 Å². The van der Waals surface area contributed by atoms with E-state index in [0.29, 0.717) is 32.3 Å². The lowest BCUT2D eigenvalue weighted by Gasteiger charge is -2.15. The van der Waals surface area contributed by atoms with Crippen molar-refractivity contribution < 1.29 is 14.3 Å². The third-order valence-electron chi connectivity index (χ3n) is 4.21. The van der Waals surface area contributed by atoms with Crippen LogP contribution in [0.5, 0.6) is 0 Å². The van der Waals surface area contributed by atoms with Gasteiger partial charge in [0.15, 0.2) is 0 Å². The number of rotatable bonds is 6. The van der Waals surface area contributed by atoms with E-state index in [-0.39, 0.29) is 24.6 Å². The van der Waals surface area contributed by atoms with Gasteiger partial charge in [0.25, 0.3) is 5.56 Å². The third-order valence-corrected chi connectivity index (χ3v) is 5.38. The molecule has 0 unspecified atom stereocenters. The van der Waals surface area contributed by atoms with E-state index < -0.39 is 5.97 Å². The van der Waals surface area contributed by atoms with Crippen LogP contribution in [0.15, 0.2) is 23.0 Å². The van der Waals surface area contributed by atoms with Gasteiger partial charge in [0.1, 0.15) is 21.3 Å². The van der Waals surface area contributed by atoms with Crippen molar-refractivity contribution in [2.75, 3.05) is 26.0 Å². The van der Waals surface area contributed by atoms with Crippen molar-refractivity contribution >= 4 is 39.2 Å². The maximum atomic E-state index is 12.5. The first kappa shape index (κ1) is 20.6. The van der Waals surface area contributed by atoms with Gasteiger partial charge in [-0.1, -0.05) is 6.07 Å². The molecule has 0 radical (unpaired) electrons. The quantitative estimate of drug-likeness (QED) is 0.590. The van der Waals surface area contributed by atoms with Gasteiger partial charge in [-0.3, -0.25) is 14.5 Å². The molecule has 0 aliphatic heterocycles. The number of thiophene rings is 1. The Morgan fingerprint density at radius 1 is 1.28 bits per heavy atom. The molecule has 0 saturated heterocycles. The predicted octanol–water partition coefficient (Wildman–Crippen LogP) is 1.85. The van der Waals surface area contributed by atoms with Gasteiger partial charge in [-0.25, -0.2) is 14.8 Å². The monoisotopic (exact) mass is 415 g/mol. The molecule has 3 aromatic rings. The van der Waals surface area contributed by atoms with Gasteiger partial charge < -0.3 is 15.0 Å². The van der Waals surface area contributed by atoms with Crippen molar-refractivity contribution in [3.8, 4) is 0 Å². The first-order chi connectivity index (χ1) is 13.8. The summed E-state index contributed by atoms with van der Waals surface area (Å²) in [6, 6.07) is 5.38. The second-order valence-electron chi connectivity index (χ2n) is 6.63. The molecule has 2 N–H and O–H groups in total. The number of hydrogen-bond acceptors (Lipinski definition) is 8. The average Bonchev–Trinajstić information content (AvgIpc) is 2.97. The number of pyridine rings is 1. The molecule has 10 heteroatoms. The van der Waals surface area contributed by atoms with E-state index >= 15 is 0 Å². The number of nitrogens with one attached hydrogen (secondary N) is 2. The fraction of sp³-hybridized carbons (Fsp3) is 0.316. The van der Waals surface area contributed by atoms with Crippen LogP contribution in [0, 0.1) is 13.8 Å². The number of aromatic amines is 1. The summed E-state index contributed by atoms with van der Waals surface area (Å²) in [5, 5.41) is 3.12. The zero-order chi connectivity index (χ0) is 21.1. The van der Waals surface area contributed by atoms with E-state index in [1.165, 1.54) is 7.11 Å². The number of nitrogens with zero attached hydrogens (tertiary/aromatic N) is 3. The van der Waals surface area contributed by atoms with Gasteiger partial charge in [0.2, 0.25) is 5.91 Å². The number of esters is 1. The summed E-state index contributed by atoms with van der Waals surface area (Å²) in [5.41, 5.74) is 1.04. The van der Waals surface area contributed by atoms with E-state index in [4.69, 9.17) is 4.74 Å². The number of hydrogen-bond donors (Lipinski definition) is 2. The zero-order valence-electron chi connectivity index (χ0n) is 16.5. The Labute approximate surface area is 170 Å². The number of amides is 1. The van der Waals surface area contributed by atoms with Gasteiger partial charge in [-0.2, -0.15) is 0 Å². The van der Waals surface area contributed by atoms with E-state index in [9.17, 15) is 14.4 Å². The number of likely N-dealkylation sites (N-methyl/N-ethyl adjacent to an activating group) is 1. The molecule has 0 spiro atoms. The largest absolute Gasteiger partial charge is 0.465 e. The van der Waals surface area contributed by atoms with Crippen LogP contribution in [0.1, 0.15) is 26.8 Å². The summed E-state index contributed by atoms with van der Waals surface area (Å²) in [4.78, 5) is 50.5. The Hall–Kier alpha value is -3.11. The van der Waals surface area contributed by atoms with E-state index in [0.717, 1.165) is 17.0 Å². The molecule has 152 valence electrons. The van der Waals surface area contributed by atoms with Crippen molar-refractivity contribution in [3.63, 3.8) is 0 Å². The first-order valence-corrected chi connectivity index (χ1v) is 9.62. The summed E-state index contributed by atoms with van der Waals surface area (Å²) in [6.07, 6.45) is 0. The summed E-state index contributed by atoms with van der Waals surface area (Å²) < 4.78 is 4.75. The number of aromatic nitrogens is 3. The number of carbonyl (C=O) groups is 2. The van der Waals surface area contributed by atoms with Crippen LogP contribution >= 0.6 is 11.3 Å². The molecule has 0 atom stereocenters. The molecular weight excluding hydrogens is 394 g/mol. The minimum Gasteiger partial charge on any atom is -0.465 e. The SMILES string of the molecule is COC(=O)c1sc2nc(CN(C)CC(=O)Nc3cccc(C)n3)[nH]c(=O)c2c1C. The van der Waals surface area contributed by atoms with Crippen LogP contribution < -0.4 is 10.9 Å².